The number of ether oxygens (including phenoxy) is 2. The van der Waals surface area contributed by atoms with Gasteiger partial charge in [0.1, 0.15) is 11.5 Å². The van der Waals surface area contributed by atoms with Gasteiger partial charge < -0.3 is 34.6 Å². The number of carboxylic acids is 2. The Hall–Kier alpha value is -3.04. The van der Waals surface area contributed by atoms with E-state index in [1.54, 1.807) is 12.1 Å². The molecular weight excluding hydrogens is 755 g/mol. The van der Waals surface area contributed by atoms with Gasteiger partial charge in [0.2, 0.25) is 5.16 Å². The normalized spacial score (nSPS) is 12.6. The first-order valence-electron chi connectivity index (χ1n) is 14.6. The number of amides is 1. The van der Waals surface area contributed by atoms with Gasteiger partial charge in [-0.2, -0.15) is 13.2 Å². The molecule has 2 heterocycles. The number of pyridine rings is 1. The number of aliphatic carboxylic acids is 2. The summed E-state index contributed by atoms with van der Waals surface area (Å²) in [5.41, 5.74) is 0.884. The summed E-state index contributed by atoms with van der Waals surface area (Å²) in [5.74, 6) is -4.63. The first-order valence-corrected chi connectivity index (χ1v) is 17.3. The van der Waals surface area contributed by atoms with Crippen LogP contribution < -0.4 is 84.1 Å². The zero-order valence-electron chi connectivity index (χ0n) is 28.6. The Morgan fingerprint density at radius 2 is 1.65 bits per heavy atom. The average molecular weight is 785 g/mol. The third kappa shape index (κ3) is 11.2. The van der Waals surface area contributed by atoms with Gasteiger partial charge >= 0.3 is 65.3 Å². The number of hydrogen-bond acceptors (Lipinski definition) is 12. The minimum absolute atomic E-state index is 0. The number of aryl methyl sites for hydroxylation is 2. The van der Waals surface area contributed by atoms with Crippen molar-refractivity contribution in [1.29, 1.82) is 0 Å². The minimum atomic E-state index is -4.60. The summed E-state index contributed by atoms with van der Waals surface area (Å²) < 4.78 is 91.8. The first kappa shape index (κ1) is 45.1. The molecule has 1 amide bonds. The summed E-state index contributed by atoms with van der Waals surface area (Å²) in [5, 5.41) is 23.6. The van der Waals surface area contributed by atoms with Crippen LogP contribution in [0.1, 0.15) is 35.2 Å². The molecule has 4 aromatic rings. The Labute approximate surface area is 342 Å². The molecule has 0 fully saturated rings. The zero-order valence-corrected chi connectivity index (χ0v) is 34.2. The zero-order chi connectivity index (χ0) is 37.0. The summed E-state index contributed by atoms with van der Waals surface area (Å²) in [6.07, 6.45) is -4.53. The van der Waals surface area contributed by atoms with Crippen molar-refractivity contribution in [2.45, 2.75) is 61.6 Å². The molecule has 0 spiro atoms. The van der Waals surface area contributed by atoms with Crippen molar-refractivity contribution in [3.63, 3.8) is 0 Å². The van der Waals surface area contributed by atoms with E-state index in [1.165, 1.54) is 57.3 Å². The number of nitrogens with zero attached hydrogens (tertiary/aromatic N) is 3. The topological polar surface area (TPSA) is 210 Å². The maximum absolute atomic E-state index is 14.3. The van der Waals surface area contributed by atoms with Gasteiger partial charge in [-0.1, -0.05) is 12.1 Å². The van der Waals surface area contributed by atoms with E-state index >= 15 is 0 Å². The van der Waals surface area contributed by atoms with Gasteiger partial charge in [0.05, 0.1) is 50.2 Å². The maximum atomic E-state index is 14.3. The molecule has 14 nitrogen and oxygen atoms in total. The number of carboxylic acid groups (broad SMARTS) is 2. The molecule has 52 heavy (non-hydrogen) atoms. The Morgan fingerprint density at radius 1 is 1.02 bits per heavy atom. The van der Waals surface area contributed by atoms with Gasteiger partial charge in [-0.05, 0) is 75.1 Å². The third-order valence-corrected chi connectivity index (χ3v) is 10.5. The number of halogens is 3. The van der Waals surface area contributed by atoms with Gasteiger partial charge in [-0.3, -0.25) is 14.0 Å². The van der Waals surface area contributed by atoms with Crippen LogP contribution in [0.4, 0.5) is 13.2 Å². The summed E-state index contributed by atoms with van der Waals surface area (Å²) in [6.45, 7) is 2.08. The molecule has 0 bridgehead atoms. The van der Waals surface area contributed by atoms with Crippen LogP contribution in [-0.2, 0) is 41.0 Å². The van der Waals surface area contributed by atoms with E-state index in [9.17, 15) is 50.4 Å². The number of carbonyl (C=O) groups is 3. The molecule has 268 valence electrons. The van der Waals surface area contributed by atoms with Gasteiger partial charge in [-0.25, -0.2) is 17.4 Å². The Morgan fingerprint density at radius 3 is 2.25 bits per heavy atom. The number of carbonyl (C=O) groups excluding carboxylic acids is 3. The molecule has 0 aliphatic heterocycles. The van der Waals surface area contributed by atoms with Crippen LogP contribution in [0, 0.1) is 20.8 Å². The fourth-order valence-corrected chi connectivity index (χ4v) is 8.42. The van der Waals surface area contributed by atoms with Crippen molar-refractivity contribution in [2.75, 3.05) is 13.2 Å². The number of imidazole rings is 1. The van der Waals surface area contributed by atoms with Crippen LogP contribution in [0.3, 0.4) is 0 Å². The van der Waals surface area contributed by atoms with Crippen molar-refractivity contribution in [3.8, 4) is 11.5 Å². The molecule has 2 aromatic heterocycles. The van der Waals surface area contributed by atoms with E-state index in [1.807, 2.05) is 0 Å². The molecular formula is C31H29F3N4Na2O10S2. The average Bonchev–Trinajstić information content (AvgIpc) is 3.42. The molecule has 2 unspecified atom stereocenters. The molecule has 0 aliphatic rings. The van der Waals surface area contributed by atoms with Crippen molar-refractivity contribution >= 4 is 49.7 Å². The molecule has 0 saturated heterocycles. The Bertz CT molecular complexity index is 2070. The standard InChI is InChI=1S/C31H31F3N4O10S2.2Na/c1-17-12-20(47-14-26(39)36-22(29(42)43)8-9-27(40)41)13-18(2)28(17)50(45,46)38-24-7-5-4-6-21(24)37-30(38)49(44)15-23-19(3)25(10-11-35-23)48-16-31(32,33)34;;/h4-7,10-13,22H,8-9,14-16H2,1-3H3,(H,36,39)(H,40,41)(H,42,43);;/q;2*+1/p-2. The van der Waals surface area contributed by atoms with Crippen molar-refractivity contribution in [1.82, 2.24) is 19.3 Å². The number of para-hydroxylation sites is 2. The number of fused-ring (bicyclic) bond motifs is 1. The smallest absolute Gasteiger partial charge is 0.550 e. The van der Waals surface area contributed by atoms with Crippen molar-refractivity contribution < 1.29 is 119 Å². The van der Waals surface area contributed by atoms with E-state index in [0.29, 0.717) is 0 Å². The fourth-order valence-electron chi connectivity index (χ4n) is 4.95. The second kappa shape index (κ2) is 18.8. The number of aromatic nitrogens is 3. The molecule has 2 atom stereocenters. The van der Waals surface area contributed by atoms with Gasteiger partial charge in [-0.15, -0.1) is 0 Å². The molecule has 1 N–H and O–H groups in total. The van der Waals surface area contributed by atoms with E-state index < -0.39 is 82.7 Å². The molecule has 0 radical (unpaired) electrons. The van der Waals surface area contributed by atoms with Crippen molar-refractivity contribution in [3.05, 3.63) is 71.0 Å². The van der Waals surface area contributed by atoms with Crippen LogP contribution in [0.15, 0.2) is 58.7 Å². The number of alkyl halides is 3. The monoisotopic (exact) mass is 784 g/mol. The first-order chi connectivity index (χ1) is 23.4. The number of benzene rings is 2. The summed E-state index contributed by atoms with van der Waals surface area (Å²) in [4.78, 5) is 42.5. The van der Waals surface area contributed by atoms with Gasteiger partial charge in [0.25, 0.3) is 15.9 Å². The van der Waals surface area contributed by atoms with Crippen LogP contribution in [0.2, 0.25) is 0 Å². The van der Waals surface area contributed by atoms with E-state index in [-0.39, 0.29) is 114 Å². The molecule has 0 saturated carbocycles. The number of hydrogen-bond donors (Lipinski definition) is 1. The van der Waals surface area contributed by atoms with E-state index in [0.717, 1.165) is 3.97 Å². The van der Waals surface area contributed by atoms with Crippen LogP contribution in [0.5, 0.6) is 11.5 Å². The Balaban J connectivity index is 0.00000468. The largest absolute Gasteiger partial charge is 1.00 e. The quantitative estimate of drug-likeness (QED) is 0.112. The number of rotatable bonds is 15. The summed E-state index contributed by atoms with van der Waals surface area (Å²) in [7, 11) is -6.75. The third-order valence-electron chi connectivity index (χ3n) is 7.17. The second-order valence-corrected chi connectivity index (χ2v) is 14.0. The molecule has 21 heteroatoms. The predicted molar refractivity (Wildman–Crippen MR) is 166 cm³/mol. The van der Waals surface area contributed by atoms with E-state index in [2.05, 4.69) is 15.3 Å². The molecule has 4 rings (SSSR count). The minimum Gasteiger partial charge on any atom is -0.550 e. The van der Waals surface area contributed by atoms with Crippen LogP contribution >= 0.6 is 0 Å². The van der Waals surface area contributed by atoms with Crippen LogP contribution in [-0.4, -0.2) is 69.8 Å². The number of nitrogens with one attached hydrogen (secondary N) is 1. The predicted octanol–water partition coefficient (Wildman–Crippen LogP) is -5.01. The second-order valence-electron chi connectivity index (χ2n) is 11.0. The SMILES string of the molecule is Cc1cc(OCC(=O)NC(CCC(=O)[O-])C(=O)[O-])cc(C)c1S(=O)(=O)n1c(S(=O)Cc2nccc(OCC(F)(F)F)c2C)nc2ccccc21.[Na+].[Na+]. The molecule has 0 aliphatic carbocycles. The fraction of sp³-hybridized carbons (Fsp3) is 0.323. The molecule has 2 aromatic carbocycles. The van der Waals surface area contributed by atoms with Crippen molar-refractivity contribution in [2.24, 2.45) is 0 Å². The van der Waals surface area contributed by atoms with E-state index in [4.69, 9.17) is 9.47 Å². The summed E-state index contributed by atoms with van der Waals surface area (Å²) >= 11 is 0. The van der Waals surface area contributed by atoms with Crippen LogP contribution in [0.25, 0.3) is 11.0 Å². The van der Waals surface area contributed by atoms with Gasteiger partial charge in [0.15, 0.2) is 13.2 Å². The van der Waals surface area contributed by atoms with Gasteiger partial charge in [0, 0.05) is 17.7 Å². The summed E-state index contributed by atoms with van der Waals surface area (Å²) in [6, 6.07) is 8.37. The maximum Gasteiger partial charge on any atom is 1.00 e. The Kier molecular flexibility index (Phi) is 16.3.